The number of hydrogen-bond donors (Lipinski definition) is 1. The zero-order valence-electron chi connectivity index (χ0n) is 6.11. The van der Waals surface area contributed by atoms with E-state index in [2.05, 4.69) is 18.8 Å². The maximum atomic E-state index is 3.73. The van der Waals surface area contributed by atoms with Gasteiger partial charge in [-0.05, 0) is 32.7 Å². The van der Waals surface area contributed by atoms with Crippen LogP contribution in [0, 0.1) is 0 Å². The van der Waals surface area contributed by atoms with E-state index >= 15 is 0 Å². The second-order valence-electron chi connectivity index (χ2n) is 3.08. The number of rotatable bonds is 2. The fourth-order valence-electron chi connectivity index (χ4n) is 1.45. The highest BCUT2D eigenvalue weighted by Gasteiger charge is 2.25. The third-order valence-corrected chi connectivity index (χ3v) is 2.05. The van der Waals surface area contributed by atoms with E-state index in [4.69, 9.17) is 0 Å². The van der Waals surface area contributed by atoms with Crippen LogP contribution in [-0.4, -0.2) is 12.1 Å². The minimum Gasteiger partial charge on any atom is -0.311 e. The van der Waals surface area contributed by atoms with Crippen LogP contribution in [0.4, 0.5) is 0 Å². The van der Waals surface area contributed by atoms with Crippen molar-refractivity contribution in [3.63, 3.8) is 0 Å². The molecule has 0 aromatic heterocycles. The molecule has 0 bridgehead atoms. The molecular formula is C8H15N. The SMILES string of the molecule is C=CC[C@]1(C)CCCN1. The lowest BCUT2D eigenvalue weighted by Gasteiger charge is -2.21. The molecule has 0 spiro atoms. The molecule has 9 heavy (non-hydrogen) atoms. The van der Waals surface area contributed by atoms with E-state index in [0.717, 1.165) is 6.42 Å². The number of hydrogen-bond acceptors (Lipinski definition) is 1. The van der Waals surface area contributed by atoms with Gasteiger partial charge in [-0.25, -0.2) is 0 Å². The molecule has 52 valence electrons. The third kappa shape index (κ3) is 1.55. The summed E-state index contributed by atoms with van der Waals surface area (Å²) in [5.74, 6) is 0. The Hall–Kier alpha value is -0.300. The van der Waals surface area contributed by atoms with Gasteiger partial charge >= 0.3 is 0 Å². The van der Waals surface area contributed by atoms with E-state index in [9.17, 15) is 0 Å². The molecule has 1 heteroatoms. The molecule has 0 aromatic rings. The van der Waals surface area contributed by atoms with Gasteiger partial charge in [-0.1, -0.05) is 6.08 Å². The molecule has 1 rings (SSSR count). The molecule has 0 unspecified atom stereocenters. The van der Waals surface area contributed by atoms with E-state index in [1.165, 1.54) is 19.4 Å². The lowest BCUT2D eigenvalue weighted by molar-refractivity contribution is 0.421. The Labute approximate surface area is 57.1 Å². The maximum Gasteiger partial charge on any atom is 0.0188 e. The molecule has 1 aliphatic heterocycles. The minimum absolute atomic E-state index is 0.377. The van der Waals surface area contributed by atoms with Gasteiger partial charge < -0.3 is 5.32 Å². The predicted octanol–water partition coefficient (Wildman–Crippen LogP) is 1.70. The summed E-state index contributed by atoms with van der Waals surface area (Å²) in [6.45, 7) is 7.18. The molecule has 0 aliphatic carbocycles. The lowest BCUT2D eigenvalue weighted by Crippen LogP contribution is -2.35. The molecule has 0 amide bonds. The molecular weight excluding hydrogens is 110 g/mol. The van der Waals surface area contributed by atoms with Gasteiger partial charge in [0.25, 0.3) is 0 Å². The van der Waals surface area contributed by atoms with Gasteiger partial charge in [0, 0.05) is 5.54 Å². The highest BCUT2D eigenvalue weighted by atomic mass is 15.0. The predicted molar refractivity (Wildman–Crippen MR) is 40.5 cm³/mol. The molecule has 1 heterocycles. The summed E-state index contributed by atoms with van der Waals surface area (Å²) in [5, 5.41) is 3.46. The smallest absolute Gasteiger partial charge is 0.0188 e. The van der Waals surface area contributed by atoms with E-state index < -0.39 is 0 Å². The molecule has 0 saturated carbocycles. The summed E-state index contributed by atoms with van der Waals surface area (Å²) >= 11 is 0. The maximum absolute atomic E-state index is 3.73. The van der Waals surface area contributed by atoms with Crippen LogP contribution in [0.2, 0.25) is 0 Å². The van der Waals surface area contributed by atoms with Gasteiger partial charge in [-0.3, -0.25) is 0 Å². The van der Waals surface area contributed by atoms with Crippen LogP contribution < -0.4 is 5.32 Å². The Kier molecular flexibility index (Phi) is 1.91. The standard InChI is InChI=1S/C8H15N/c1-3-5-8(2)6-4-7-9-8/h3,9H,1,4-7H2,2H3/t8-/m1/s1. The van der Waals surface area contributed by atoms with E-state index in [1.54, 1.807) is 0 Å². The van der Waals surface area contributed by atoms with Crippen molar-refractivity contribution in [2.75, 3.05) is 6.54 Å². The average Bonchev–Trinajstić information content (AvgIpc) is 2.16. The Morgan fingerprint density at radius 3 is 3.00 bits per heavy atom. The quantitative estimate of drug-likeness (QED) is 0.554. The van der Waals surface area contributed by atoms with Crippen molar-refractivity contribution in [2.24, 2.45) is 0 Å². The van der Waals surface area contributed by atoms with Gasteiger partial charge in [0.05, 0.1) is 0 Å². The van der Waals surface area contributed by atoms with Crippen molar-refractivity contribution in [3.05, 3.63) is 12.7 Å². The van der Waals surface area contributed by atoms with Gasteiger partial charge in [0.2, 0.25) is 0 Å². The highest BCUT2D eigenvalue weighted by molar-refractivity contribution is 4.93. The Morgan fingerprint density at radius 1 is 1.78 bits per heavy atom. The van der Waals surface area contributed by atoms with Gasteiger partial charge in [0.1, 0.15) is 0 Å². The Balaban J connectivity index is 2.40. The fourth-order valence-corrected chi connectivity index (χ4v) is 1.45. The highest BCUT2D eigenvalue weighted by Crippen LogP contribution is 2.21. The summed E-state index contributed by atoms with van der Waals surface area (Å²) in [4.78, 5) is 0. The lowest BCUT2D eigenvalue weighted by atomic mass is 9.96. The zero-order chi connectivity index (χ0) is 6.74. The fraction of sp³-hybridized carbons (Fsp3) is 0.750. The van der Waals surface area contributed by atoms with Crippen LogP contribution in [-0.2, 0) is 0 Å². The first kappa shape index (κ1) is 6.81. The van der Waals surface area contributed by atoms with Crippen molar-refractivity contribution in [2.45, 2.75) is 31.7 Å². The molecule has 0 aromatic carbocycles. The first-order chi connectivity index (χ1) is 4.27. The third-order valence-electron chi connectivity index (χ3n) is 2.05. The Bertz CT molecular complexity index is 101. The van der Waals surface area contributed by atoms with Gasteiger partial charge in [0.15, 0.2) is 0 Å². The monoisotopic (exact) mass is 125 g/mol. The van der Waals surface area contributed by atoms with Crippen molar-refractivity contribution in [1.29, 1.82) is 0 Å². The average molecular weight is 125 g/mol. The second-order valence-corrected chi connectivity index (χ2v) is 3.08. The van der Waals surface area contributed by atoms with Gasteiger partial charge in [-0.2, -0.15) is 0 Å². The van der Waals surface area contributed by atoms with E-state index in [1.807, 2.05) is 6.08 Å². The van der Waals surface area contributed by atoms with Crippen LogP contribution in [0.3, 0.4) is 0 Å². The molecule has 1 N–H and O–H groups in total. The molecule has 0 radical (unpaired) electrons. The largest absolute Gasteiger partial charge is 0.311 e. The molecule has 1 aliphatic rings. The first-order valence-corrected chi connectivity index (χ1v) is 3.63. The zero-order valence-corrected chi connectivity index (χ0v) is 6.11. The summed E-state index contributed by atoms with van der Waals surface area (Å²) < 4.78 is 0. The van der Waals surface area contributed by atoms with Crippen molar-refractivity contribution in [3.8, 4) is 0 Å². The Morgan fingerprint density at radius 2 is 2.56 bits per heavy atom. The van der Waals surface area contributed by atoms with Gasteiger partial charge in [-0.15, -0.1) is 6.58 Å². The molecule has 1 atom stereocenters. The van der Waals surface area contributed by atoms with Crippen LogP contribution in [0.15, 0.2) is 12.7 Å². The van der Waals surface area contributed by atoms with E-state index in [-0.39, 0.29) is 0 Å². The second kappa shape index (κ2) is 2.53. The van der Waals surface area contributed by atoms with Crippen molar-refractivity contribution < 1.29 is 0 Å². The normalized spacial score (nSPS) is 34.8. The van der Waals surface area contributed by atoms with Crippen LogP contribution in [0.5, 0.6) is 0 Å². The summed E-state index contributed by atoms with van der Waals surface area (Å²) in [6, 6.07) is 0. The molecule has 1 nitrogen and oxygen atoms in total. The summed E-state index contributed by atoms with van der Waals surface area (Å²) in [5.41, 5.74) is 0.377. The molecule has 1 fully saturated rings. The molecule has 1 saturated heterocycles. The number of nitrogens with one attached hydrogen (secondary N) is 1. The van der Waals surface area contributed by atoms with E-state index in [0.29, 0.717) is 5.54 Å². The first-order valence-electron chi connectivity index (χ1n) is 3.63. The van der Waals surface area contributed by atoms with Crippen LogP contribution in [0.25, 0.3) is 0 Å². The van der Waals surface area contributed by atoms with Crippen molar-refractivity contribution >= 4 is 0 Å². The summed E-state index contributed by atoms with van der Waals surface area (Å²) in [6.07, 6.45) is 5.73. The van der Waals surface area contributed by atoms with Crippen LogP contribution >= 0.6 is 0 Å². The van der Waals surface area contributed by atoms with Crippen molar-refractivity contribution in [1.82, 2.24) is 5.32 Å². The van der Waals surface area contributed by atoms with Crippen LogP contribution in [0.1, 0.15) is 26.2 Å². The topological polar surface area (TPSA) is 12.0 Å². The summed E-state index contributed by atoms with van der Waals surface area (Å²) in [7, 11) is 0. The minimum atomic E-state index is 0.377.